The molecule has 118 valence electrons. The fourth-order valence-corrected chi connectivity index (χ4v) is 3.00. The number of carbonyl (C=O) groups excluding carboxylic acids is 1. The fraction of sp³-hybridized carbons (Fsp3) is 0.188. The van der Waals surface area contributed by atoms with Gasteiger partial charge in [0.2, 0.25) is 12.1 Å². The summed E-state index contributed by atoms with van der Waals surface area (Å²) in [5.41, 5.74) is -0.750. The molecule has 1 amide bonds. The molecule has 3 rings (SSSR count). The highest BCUT2D eigenvalue weighted by Crippen LogP contribution is 2.41. The molecule has 0 radical (unpaired) electrons. The van der Waals surface area contributed by atoms with Gasteiger partial charge in [-0.25, -0.2) is 0 Å². The van der Waals surface area contributed by atoms with E-state index in [4.69, 9.17) is 11.6 Å². The maximum absolute atomic E-state index is 12.7. The van der Waals surface area contributed by atoms with Crippen LogP contribution in [0.1, 0.15) is 11.1 Å². The zero-order chi connectivity index (χ0) is 16.6. The Morgan fingerprint density at radius 3 is 2.52 bits per heavy atom. The second-order valence-electron chi connectivity index (χ2n) is 5.35. The largest absolute Gasteiger partial charge is 0.370 e. The lowest BCUT2D eigenvalue weighted by atomic mass is 9.96. The van der Waals surface area contributed by atoms with Crippen LogP contribution in [0.3, 0.4) is 0 Å². The van der Waals surface area contributed by atoms with Crippen molar-refractivity contribution >= 4 is 23.2 Å². The molecule has 2 aromatic rings. The lowest BCUT2D eigenvalue weighted by molar-refractivity contribution is -0.498. The van der Waals surface area contributed by atoms with E-state index in [-0.39, 0.29) is 12.1 Å². The molecular formula is C16H13ClN2O4. The summed E-state index contributed by atoms with van der Waals surface area (Å²) in [6.07, 6.45) is 0. The average molecular weight is 333 g/mol. The number of benzene rings is 2. The predicted octanol–water partition coefficient (Wildman–Crippen LogP) is 2.35. The van der Waals surface area contributed by atoms with Gasteiger partial charge in [-0.3, -0.25) is 14.9 Å². The molecule has 0 aliphatic carbocycles. The number of carbonyl (C=O) groups is 1. The van der Waals surface area contributed by atoms with E-state index in [1.54, 1.807) is 42.5 Å². The van der Waals surface area contributed by atoms with Crippen molar-refractivity contribution in [2.24, 2.45) is 0 Å². The molecule has 0 saturated carbocycles. The van der Waals surface area contributed by atoms with Gasteiger partial charge < -0.3 is 10.0 Å². The molecule has 1 aliphatic heterocycles. The van der Waals surface area contributed by atoms with E-state index in [9.17, 15) is 20.0 Å². The van der Waals surface area contributed by atoms with Crippen molar-refractivity contribution in [2.75, 3.05) is 11.4 Å². The van der Waals surface area contributed by atoms with E-state index in [1.165, 1.54) is 11.0 Å². The molecule has 0 fully saturated rings. The van der Waals surface area contributed by atoms with Gasteiger partial charge in [0, 0.05) is 15.5 Å². The van der Waals surface area contributed by atoms with Crippen LogP contribution in [0.4, 0.5) is 5.69 Å². The number of nitrogens with zero attached hydrogens (tertiary/aromatic N) is 2. The summed E-state index contributed by atoms with van der Waals surface area (Å²) in [5.74, 6) is -0.713. The molecule has 1 unspecified atom stereocenters. The highest BCUT2D eigenvalue weighted by atomic mass is 35.5. The molecule has 1 N–H and O–H groups in total. The Hall–Kier alpha value is -2.44. The van der Waals surface area contributed by atoms with Crippen molar-refractivity contribution in [3.63, 3.8) is 0 Å². The first-order valence-electron chi connectivity index (χ1n) is 6.92. The third-order valence-electron chi connectivity index (χ3n) is 3.88. The van der Waals surface area contributed by atoms with E-state index >= 15 is 0 Å². The summed E-state index contributed by atoms with van der Waals surface area (Å²) in [6.45, 7) is -0.739. The van der Waals surface area contributed by atoms with Crippen LogP contribution in [0.5, 0.6) is 0 Å². The second kappa shape index (κ2) is 5.64. The molecule has 7 heteroatoms. The van der Waals surface area contributed by atoms with Gasteiger partial charge in [0.05, 0.1) is 12.2 Å². The molecule has 2 aromatic carbocycles. The summed E-state index contributed by atoms with van der Waals surface area (Å²) < 4.78 is 0. The van der Waals surface area contributed by atoms with Crippen LogP contribution in [0.25, 0.3) is 0 Å². The van der Waals surface area contributed by atoms with Crippen LogP contribution < -0.4 is 4.90 Å². The van der Waals surface area contributed by atoms with Crippen molar-refractivity contribution in [1.29, 1.82) is 0 Å². The number of halogens is 1. The Morgan fingerprint density at radius 2 is 1.83 bits per heavy atom. The van der Waals surface area contributed by atoms with Crippen LogP contribution in [-0.4, -0.2) is 22.5 Å². The van der Waals surface area contributed by atoms with Crippen LogP contribution in [-0.2, 0) is 16.9 Å². The summed E-state index contributed by atoms with van der Waals surface area (Å²) in [6, 6.07) is 13.6. The van der Waals surface area contributed by atoms with Gasteiger partial charge in [-0.1, -0.05) is 48.0 Å². The van der Waals surface area contributed by atoms with Gasteiger partial charge >= 0.3 is 0 Å². The SMILES string of the molecule is O=C1N(Cc2ccccc2Cl)c2ccccc2C1(O)C[N+](=O)[O-]. The number of para-hydroxylation sites is 1. The predicted molar refractivity (Wildman–Crippen MR) is 84.8 cm³/mol. The molecule has 6 nitrogen and oxygen atoms in total. The fourth-order valence-electron chi connectivity index (χ4n) is 2.80. The number of nitro groups is 1. The van der Waals surface area contributed by atoms with Gasteiger partial charge in [-0.2, -0.15) is 0 Å². The van der Waals surface area contributed by atoms with Gasteiger partial charge in [0.15, 0.2) is 0 Å². The van der Waals surface area contributed by atoms with Crippen LogP contribution in [0, 0.1) is 10.1 Å². The molecule has 0 spiro atoms. The molecule has 0 saturated heterocycles. The van der Waals surface area contributed by atoms with Crippen LogP contribution in [0.15, 0.2) is 48.5 Å². The lowest BCUT2D eigenvalue weighted by Gasteiger charge is -2.20. The Morgan fingerprint density at radius 1 is 1.17 bits per heavy atom. The van der Waals surface area contributed by atoms with Crippen LogP contribution in [0.2, 0.25) is 5.02 Å². The minimum absolute atomic E-state index is 0.134. The Kier molecular flexibility index (Phi) is 3.79. The van der Waals surface area contributed by atoms with Crippen molar-refractivity contribution < 1.29 is 14.8 Å². The van der Waals surface area contributed by atoms with Gasteiger partial charge in [0.25, 0.3) is 5.91 Å². The third kappa shape index (κ3) is 2.56. The Balaban J connectivity index is 2.04. The molecule has 1 atom stereocenters. The van der Waals surface area contributed by atoms with E-state index in [1.807, 2.05) is 0 Å². The number of rotatable bonds is 4. The van der Waals surface area contributed by atoms with Crippen molar-refractivity contribution in [3.8, 4) is 0 Å². The van der Waals surface area contributed by atoms with Crippen molar-refractivity contribution in [2.45, 2.75) is 12.1 Å². The maximum atomic E-state index is 12.7. The summed E-state index contributed by atoms with van der Waals surface area (Å²) in [7, 11) is 0. The molecule has 0 bridgehead atoms. The van der Waals surface area contributed by atoms with Gasteiger partial charge in [0.1, 0.15) is 0 Å². The highest BCUT2D eigenvalue weighted by Gasteiger charge is 2.53. The first-order valence-corrected chi connectivity index (χ1v) is 7.30. The number of hydrogen-bond donors (Lipinski definition) is 1. The number of hydrogen-bond acceptors (Lipinski definition) is 4. The Labute approximate surface area is 137 Å². The zero-order valence-corrected chi connectivity index (χ0v) is 12.7. The molecule has 0 aromatic heterocycles. The number of anilines is 1. The summed E-state index contributed by atoms with van der Waals surface area (Å²) >= 11 is 6.12. The van der Waals surface area contributed by atoms with Gasteiger partial charge in [-0.05, 0) is 17.7 Å². The normalized spacial score (nSPS) is 19.7. The average Bonchev–Trinajstić information content (AvgIpc) is 2.71. The summed E-state index contributed by atoms with van der Waals surface area (Å²) in [5, 5.41) is 22.0. The smallest absolute Gasteiger partial charge is 0.271 e. The minimum atomic E-state index is -2.15. The molecule has 1 aliphatic rings. The summed E-state index contributed by atoms with van der Waals surface area (Å²) in [4.78, 5) is 24.2. The Bertz CT molecular complexity index is 795. The van der Waals surface area contributed by atoms with E-state index < -0.39 is 23.0 Å². The van der Waals surface area contributed by atoms with E-state index in [0.717, 1.165) is 0 Å². The third-order valence-corrected chi connectivity index (χ3v) is 4.25. The quantitative estimate of drug-likeness (QED) is 0.688. The van der Waals surface area contributed by atoms with E-state index in [0.29, 0.717) is 16.3 Å². The zero-order valence-electron chi connectivity index (χ0n) is 12.0. The standard InChI is InChI=1S/C16H13ClN2O4/c17-13-7-3-1-5-11(13)9-18-14-8-4-2-6-12(14)16(21,15(18)20)10-19(22)23/h1-8,21H,9-10H2. The second-order valence-corrected chi connectivity index (χ2v) is 5.76. The number of fused-ring (bicyclic) bond motifs is 1. The lowest BCUT2D eigenvalue weighted by Crippen LogP contribution is -2.44. The minimum Gasteiger partial charge on any atom is -0.370 e. The molecule has 1 heterocycles. The number of aliphatic hydroxyl groups is 1. The van der Waals surface area contributed by atoms with Crippen molar-refractivity contribution in [1.82, 2.24) is 0 Å². The molecule has 23 heavy (non-hydrogen) atoms. The molecular weight excluding hydrogens is 320 g/mol. The van der Waals surface area contributed by atoms with Gasteiger partial charge in [-0.15, -0.1) is 0 Å². The van der Waals surface area contributed by atoms with Crippen LogP contribution >= 0.6 is 11.6 Å². The topological polar surface area (TPSA) is 83.7 Å². The van der Waals surface area contributed by atoms with E-state index in [2.05, 4.69) is 0 Å². The maximum Gasteiger partial charge on any atom is 0.271 e. The monoisotopic (exact) mass is 332 g/mol. The first-order chi connectivity index (χ1) is 10.9. The highest BCUT2D eigenvalue weighted by molar-refractivity contribution is 6.31. The van der Waals surface area contributed by atoms with Crippen molar-refractivity contribution in [3.05, 3.63) is 74.8 Å². The number of amides is 1. The first kappa shape index (κ1) is 15.5.